The van der Waals surface area contributed by atoms with Crippen LogP contribution in [0, 0.1) is 0 Å². The fraction of sp³-hybridized carbons (Fsp3) is 0.304. The fourth-order valence-electron chi connectivity index (χ4n) is 3.57. The van der Waals surface area contributed by atoms with Crippen molar-refractivity contribution in [2.24, 2.45) is 0 Å². The highest BCUT2D eigenvalue weighted by Crippen LogP contribution is 2.44. The maximum atomic E-state index is 13.2. The summed E-state index contributed by atoms with van der Waals surface area (Å²) >= 11 is 1.37. The molecule has 166 valence electrons. The van der Waals surface area contributed by atoms with Crippen LogP contribution in [0.25, 0.3) is 11.3 Å². The average molecular weight is 453 g/mol. The SMILES string of the molecule is CCOc1cc([C@H]2Oc3nc(SC)nnc3-c3ccccc3N2C(=O)CC)ccc1OC. The van der Waals surface area contributed by atoms with Crippen LogP contribution in [0.4, 0.5) is 5.69 Å². The molecule has 2 heterocycles. The molecule has 0 N–H and O–H groups in total. The largest absolute Gasteiger partial charge is 0.493 e. The lowest BCUT2D eigenvalue weighted by molar-refractivity contribution is -0.120. The van der Waals surface area contributed by atoms with Gasteiger partial charge in [-0.25, -0.2) is 0 Å². The zero-order valence-corrected chi connectivity index (χ0v) is 19.2. The summed E-state index contributed by atoms with van der Waals surface area (Å²) in [5.74, 6) is 1.40. The second-order valence-corrected chi connectivity index (χ2v) is 7.67. The molecule has 0 spiro atoms. The minimum absolute atomic E-state index is 0.0953. The summed E-state index contributed by atoms with van der Waals surface area (Å²) in [5, 5.41) is 9.04. The van der Waals surface area contributed by atoms with Crippen molar-refractivity contribution >= 4 is 23.4 Å². The van der Waals surface area contributed by atoms with E-state index in [9.17, 15) is 4.79 Å². The third-order valence-electron chi connectivity index (χ3n) is 5.04. The summed E-state index contributed by atoms with van der Waals surface area (Å²) in [6, 6.07) is 13.0. The van der Waals surface area contributed by atoms with Gasteiger partial charge < -0.3 is 14.2 Å². The van der Waals surface area contributed by atoms with Crippen LogP contribution < -0.4 is 19.1 Å². The van der Waals surface area contributed by atoms with E-state index < -0.39 is 6.23 Å². The van der Waals surface area contributed by atoms with Crippen LogP contribution in [0.3, 0.4) is 0 Å². The smallest absolute Gasteiger partial charge is 0.247 e. The Balaban J connectivity index is 1.94. The number of amides is 1. The van der Waals surface area contributed by atoms with Crippen molar-refractivity contribution in [3.63, 3.8) is 0 Å². The van der Waals surface area contributed by atoms with Crippen LogP contribution >= 0.6 is 11.8 Å². The number of anilines is 1. The van der Waals surface area contributed by atoms with Crippen LogP contribution in [0.2, 0.25) is 0 Å². The Morgan fingerprint density at radius 3 is 2.69 bits per heavy atom. The molecule has 3 aromatic rings. The van der Waals surface area contributed by atoms with E-state index in [0.29, 0.717) is 46.9 Å². The number of fused-ring (bicyclic) bond motifs is 3. The van der Waals surface area contributed by atoms with Gasteiger partial charge in [0.1, 0.15) is 0 Å². The molecular formula is C23H24N4O4S. The Kier molecular flexibility index (Phi) is 6.45. The van der Waals surface area contributed by atoms with Gasteiger partial charge in [-0.05, 0) is 37.4 Å². The summed E-state index contributed by atoms with van der Waals surface area (Å²) in [4.78, 5) is 19.4. The number of para-hydroxylation sites is 1. The standard InChI is InChI=1S/C23H24N4O4S/c1-5-19(28)27-16-10-8-7-9-15(16)20-21(24-23(32-4)26-25-20)31-22(27)14-11-12-17(29-3)18(13-14)30-6-2/h7-13,22H,5-6H2,1-4H3/t22-/m1/s1. The summed E-state index contributed by atoms with van der Waals surface area (Å²) in [7, 11) is 1.59. The van der Waals surface area contributed by atoms with Gasteiger partial charge in [-0.3, -0.25) is 9.69 Å². The van der Waals surface area contributed by atoms with Crippen LogP contribution in [0.1, 0.15) is 32.1 Å². The number of carbonyl (C=O) groups excluding carboxylic acids is 1. The van der Waals surface area contributed by atoms with Crippen LogP contribution in [0.15, 0.2) is 47.6 Å². The molecule has 0 bridgehead atoms. The van der Waals surface area contributed by atoms with Gasteiger partial charge in [0.25, 0.3) is 0 Å². The van der Waals surface area contributed by atoms with Crippen molar-refractivity contribution in [2.45, 2.75) is 31.7 Å². The zero-order valence-electron chi connectivity index (χ0n) is 18.4. The monoisotopic (exact) mass is 452 g/mol. The number of hydrogen-bond acceptors (Lipinski definition) is 8. The highest BCUT2D eigenvalue weighted by atomic mass is 32.2. The van der Waals surface area contributed by atoms with Crippen molar-refractivity contribution in [3.05, 3.63) is 48.0 Å². The first-order chi connectivity index (χ1) is 15.6. The van der Waals surface area contributed by atoms with Gasteiger partial charge in [-0.15, -0.1) is 10.2 Å². The summed E-state index contributed by atoms with van der Waals surface area (Å²) in [6.07, 6.45) is 1.39. The lowest BCUT2D eigenvalue weighted by Gasteiger charge is -2.31. The predicted octanol–water partition coefficient (Wildman–Crippen LogP) is 4.50. The molecule has 1 aliphatic heterocycles. The van der Waals surface area contributed by atoms with Gasteiger partial charge in [0, 0.05) is 17.5 Å². The Morgan fingerprint density at radius 1 is 1.16 bits per heavy atom. The molecule has 0 saturated heterocycles. The van der Waals surface area contributed by atoms with Gasteiger partial charge in [-0.2, -0.15) is 4.98 Å². The molecule has 0 saturated carbocycles. The van der Waals surface area contributed by atoms with E-state index in [2.05, 4.69) is 15.2 Å². The first-order valence-electron chi connectivity index (χ1n) is 10.3. The van der Waals surface area contributed by atoms with Crippen LogP contribution in [-0.4, -0.2) is 41.1 Å². The van der Waals surface area contributed by atoms with Crippen molar-refractivity contribution in [2.75, 3.05) is 24.9 Å². The lowest BCUT2D eigenvalue weighted by atomic mass is 10.1. The molecule has 0 unspecified atom stereocenters. The highest BCUT2D eigenvalue weighted by molar-refractivity contribution is 7.98. The van der Waals surface area contributed by atoms with E-state index in [4.69, 9.17) is 14.2 Å². The predicted molar refractivity (Wildman–Crippen MR) is 122 cm³/mol. The quantitative estimate of drug-likeness (QED) is 0.505. The van der Waals surface area contributed by atoms with Crippen molar-refractivity contribution in [1.82, 2.24) is 15.2 Å². The van der Waals surface area contributed by atoms with Crippen LogP contribution in [0.5, 0.6) is 17.4 Å². The maximum Gasteiger partial charge on any atom is 0.247 e. The van der Waals surface area contributed by atoms with Crippen LogP contribution in [-0.2, 0) is 4.79 Å². The molecule has 1 aliphatic rings. The molecule has 8 nitrogen and oxygen atoms in total. The zero-order chi connectivity index (χ0) is 22.7. The molecule has 9 heteroatoms. The van der Waals surface area contributed by atoms with Gasteiger partial charge in [-0.1, -0.05) is 36.9 Å². The number of nitrogens with zero attached hydrogens (tertiary/aromatic N) is 4. The third kappa shape index (κ3) is 3.95. The van der Waals surface area contributed by atoms with E-state index in [0.717, 1.165) is 11.1 Å². The lowest BCUT2D eigenvalue weighted by Crippen LogP contribution is -2.37. The molecule has 32 heavy (non-hydrogen) atoms. The summed E-state index contributed by atoms with van der Waals surface area (Å²) < 4.78 is 17.6. The topological polar surface area (TPSA) is 86.7 Å². The summed E-state index contributed by atoms with van der Waals surface area (Å²) in [5.41, 5.74) is 2.64. The Labute approximate surface area is 190 Å². The molecule has 0 fully saturated rings. The van der Waals surface area contributed by atoms with Gasteiger partial charge in [0.15, 0.2) is 17.2 Å². The van der Waals surface area contributed by atoms with E-state index in [1.165, 1.54) is 11.8 Å². The number of hydrogen-bond donors (Lipinski definition) is 0. The molecule has 1 amide bonds. The van der Waals surface area contributed by atoms with E-state index in [1.54, 1.807) is 12.0 Å². The first-order valence-corrected chi connectivity index (χ1v) is 11.5. The van der Waals surface area contributed by atoms with Gasteiger partial charge in [0.05, 0.1) is 19.4 Å². The van der Waals surface area contributed by atoms with E-state index >= 15 is 0 Å². The fourth-order valence-corrected chi connectivity index (χ4v) is 3.87. The Morgan fingerprint density at radius 2 is 1.97 bits per heavy atom. The Hall–Kier alpha value is -3.33. The number of aromatic nitrogens is 3. The molecular weight excluding hydrogens is 428 g/mol. The minimum Gasteiger partial charge on any atom is -0.493 e. The summed E-state index contributed by atoms with van der Waals surface area (Å²) in [6.45, 7) is 4.20. The van der Waals surface area contributed by atoms with E-state index in [1.807, 2.05) is 62.6 Å². The number of carbonyl (C=O) groups is 1. The van der Waals surface area contributed by atoms with Crippen molar-refractivity contribution in [1.29, 1.82) is 0 Å². The molecule has 0 radical (unpaired) electrons. The minimum atomic E-state index is -0.777. The van der Waals surface area contributed by atoms with Gasteiger partial charge in [0.2, 0.25) is 23.2 Å². The second-order valence-electron chi connectivity index (χ2n) is 6.90. The van der Waals surface area contributed by atoms with Crippen molar-refractivity contribution < 1.29 is 19.0 Å². The normalized spacial score (nSPS) is 14.6. The average Bonchev–Trinajstić information content (AvgIpc) is 2.98. The highest BCUT2D eigenvalue weighted by Gasteiger charge is 2.35. The number of methoxy groups -OCH3 is 1. The molecule has 1 aromatic heterocycles. The molecule has 2 aromatic carbocycles. The molecule has 0 aliphatic carbocycles. The molecule has 1 atom stereocenters. The third-order valence-corrected chi connectivity index (χ3v) is 5.58. The van der Waals surface area contributed by atoms with Crippen molar-refractivity contribution in [3.8, 4) is 28.6 Å². The van der Waals surface area contributed by atoms with Gasteiger partial charge >= 0.3 is 0 Å². The number of ether oxygens (including phenoxy) is 3. The maximum absolute atomic E-state index is 13.2. The molecule has 4 rings (SSSR count). The number of rotatable bonds is 6. The van der Waals surface area contributed by atoms with E-state index in [-0.39, 0.29) is 5.91 Å². The second kappa shape index (κ2) is 9.44. The number of thioether (sulfide) groups is 1. The Bertz CT molecular complexity index is 1140. The first kappa shape index (κ1) is 21.9. The number of benzene rings is 2.